The molecule has 0 unspecified atom stereocenters. The zero-order valence-electron chi connectivity index (χ0n) is 18.4. The Balaban J connectivity index is 1.86. The number of nitrogens with zero attached hydrogens (tertiary/aromatic N) is 1. The first-order valence-electron chi connectivity index (χ1n) is 10.6. The summed E-state index contributed by atoms with van der Waals surface area (Å²) in [7, 11) is 0. The second-order valence-electron chi connectivity index (χ2n) is 8.23. The van der Waals surface area contributed by atoms with Crippen molar-refractivity contribution >= 4 is 29.2 Å². The summed E-state index contributed by atoms with van der Waals surface area (Å²) in [5.41, 5.74) is 3.95. The summed E-state index contributed by atoms with van der Waals surface area (Å²) in [4.78, 5) is 37.6. The number of allylic oxidation sites excluding steroid dienone is 1. The molecule has 2 N–H and O–H groups in total. The Labute approximate surface area is 192 Å². The van der Waals surface area contributed by atoms with Gasteiger partial charge in [0.15, 0.2) is 0 Å². The standard InChI is InChI=1S/C26H27NO6/c1-16(2)19-9-11-20(12-10-19)17(3)22-14-27(24(25(30)31)21(22)13-23(28)29)26(32)33-15-18-7-5-4-6-8-18/h4-12,21-22,24H,1,3,13-15H2,2H3,(H,28,29)(H,30,31)/t21-,22+,24-/m0/s1. The average molecular weight is 450 g/mol. The molecule has 172 valence electrons. The quantitative estimate of drug-likeness (QED) is 0.613. The third kappa shape index (κ3) is 5.49. The van der Waals surface area contributed by atoms with Gasteiger partial charge in [0.25, 0.3) is 0 Å². The SMILES string of the molecule is C=C(C)c1ccc(C(=C)[C@H]2CN(C(=O)OCc3ccccc3)[C@H](C(=O)O)[C@H]2CC(=O)O)cc1. The Morgan fingerprint density at radius 3 is 2.15 bits per heavy atom. The molecule has 0 radical (unpaired) electrons. The summed E-state index contributed by atoms with van der Waals surface area (Å²) in [6, 6.07) is 15.1. The third-order valence-corrected chi connectivity index (χ3v) is 5.95. The lowest BCUT2D eigenvalue weighted by Crippen LogP contribution is -2.44. The van der Waals surface area contributed by atoms with E-state index < -0.39 is 42.3 Å². The van der Waals surface area contributed by atoms with Crippen LogP contribution in [-0.2, 0) is 20.9 Å². The van der Waals surface area contributed by atoms with E-state index in [0.717, 1.165) is 27.2 Å². The number of rotatable bonds is 8. The maximum absolute atomic E-state index is 12.8. The number of hydrogen-bond donors (Lipinski definition) is 2. The molecule has 3 rings (SSSR count). The van der Waals surface area contributed by atoms with Crippen LogP contribution in [0.2, 0.25) is 0 Å². The van der Waals surface area contributed by atoms with E-state index in [-0.39, 0.29) is 13.2 Å². The van der Waals surface area contributed by atoms with Crippen LogP contribution in [0.5, 0.6) is 0 Å². The van der Waals surface area contributed by atoms with Gasteiger partial charge in [0.2, 0.25) is 0 Å². The minimum absolute atomic E-state index is 0.00358. The van der Waals surface area contributed by atoms with Crippen molar-refractivity contribution in [3.05, 3.63) is 84.4 Å². The van der Waals surface area contributed by atoms with Crippen molar-refractivity contribution in [2.24, 2.45) is 11.8 Å². The van der Waals surface area contributed by atoms with Crippen LogP contribution in [0.15, 0.2) is 67.8 Å². The van der Waals surface area contributed by atoms with Crippen molar-refractivity contribution in [3.63, 3.8) is 0 Å². The van der Waals surface area contributed by atoms with Gasteiger partial charge in [-0.15, -0.1) is 0 Å². The van der Waals surface area contributed by atoms with E-state index in [4.69, 9.17) is 4.74 Å². The van der Waals surface area contributed by atoms with Crippen molar-refractivity contribution in [2.75, 3.05) is 6.54 Å². The van der Waals surface area contributed by atoms with Crippen molar-refractivity contribution in [1.29, 1.82) is 0 Å². The van der Waals surface area contributed by atoms with E-state index in [9.17, 15) is 24.6 Å². The van der Waals surface area contributed by atoms with Crippen LogP contribution in [0.1, 0.15) is 30.0 Å². The molecule has 0 bridgehead atoms. The van der Waals surface area contributed by atoms with E-state index in [0.29, 0.717) is 5.57 Å². The number of carbonyl (C=O) groups excluding carboxylic acids is 1. The molecule has 0 aliphatic carbocycles. The van der Waals surface area contributed by atoms with Crippen LogP contribution in [0.4, 0.5) is 4.79 Å². The summed E-state index contributed by atoms with van der Waals surface area (Å²) < 4.78 is 5.36. The fourth-order valence-electron chi connectivity index (χ4n) is 4.23. The highest BCUT2D eigenvalue weighted by molar-refractivity contribution is 5.84. The Bertz CT molecular complexity index is 1060. The van der Waals surface area contributed by atoms with Crippen molar-refractivity contribution < 1.29 is 29.3 Å². The molecular formula is C26H27NO6. The monoisotopic (exact) mass is 449 g/mol. The molecule has 0 aromatic heterocycles. The molecule has 0 spiro atoms. The number of carbonyl (C=O) groups is 3. The van der Waals surface area contributed by atoms with Crippen LogP contribution in [0, 0.1) is 11.8 Å². The van der Waals surface area contributed by atoms with E-state index in [1.807, 2.05) is 37.3 Å². The number of aliphatic carboxylic acids is 2. The normalized spacial score (nSPS) is 19.7. The highest BCUT2D eigenvalue weighted by Crippen LogP contribution is 2.41. The predicted octanol–water partition coefficient (Wildman–Crippen LogP) is 4.55. The van der Waals surface area contributed by atoms with Crippen LogP contribution in [0.3, 0.4) is 0 Å². The molecule has 1 amide bonds. The fourth-order valence-corrected chi connectivity index (χ4v) is 4.23. The molecule has 33 heavy (non-hydrogen) atoms. The number of benzene rings is 2. The van der Waals surface area contributed by atoms with Gasteiger partial charge in [-0.1, -0.05) is 73.3 Å². The van der Waals surface area contributed by atoms with Crippen molar-refractivity contribution in [2.45, 2.75) is 26.0 Å². The number of ether oxygens (including phenoxy) is 1. The Morgan fingerprint density at radius 2 is 1.61 bits per heavy atom. The first-order chi connectivity index (χ1) is 15.7. The molecule has 3 atom stereocenters. The van der Waals surface area contributed by atoms with E-state index in [2.05, 4.69) is 13.2 Å². The Morgan fingerprint density at radius 1 is 1.00 bits per heavy atom. The van der Waals surface area contributed by atoms with Gasteiger partial charge >= 0.3 is 18.0 Å². The van der Waals surface area contributed by atoms with Crippen LogP contribution < -0.4 is 0 Å². The minimum atomic E-state index is -1.33. The van der Waals surface area contributed by atoms with Gasteiger partial charge in [0.05, 0.1) is 6.42 Å². The number of amides is 1. The van der Waals surface area contributed by atoms with Gasteiger partial charge in [-0.05, 0) is 29.2 Å². The largest absolute Gasteiger partial charge is 0.481 e. The summed E-state index contributed by atoms with van der Waals surface area (Å²) in [5, 5.41) is 19.3. The zero-order valence-corrected chi connectivity index (χ0v) is 18.4. The second kappa shape index (κ2) is 10.2. The Kier molecular flexibility index (Phi) is 7.33. The molecule has 1 heterocycles. The predicted molar refractivity (Wildman–Crippen MR) is 124 cm³/mol. The summed E-state index contributed by atoms with van der Waals surface area (Å²) >= 11 is 0. The minimum Gasteiger partial charge on any atom is -0.481 e. The van der Waals surface area contributed by atoms with Crippen molar-refractivity contribution in [3.8, 4) is 0 Å². The molecular weight excluding hydrogens is 422 g/mol. The highest BCUT2D eigenvalue weighted by atomic mass is 16.6. The van der Waals surface area contributed by atoms with Gasteiger partial charge < -0.3 is 14.9 Å². The van der Waals surface area contributed by atoms with Crippen LogP contribution in [0.25, 0.3) is 11.1 Å². The summed E-state index contributed by atoms with van der Waals surface area (Å²) in [5.74, 6) is -3.81. The zero-order chi connectivity index (χ0) is 24.1. The number of carboxylic acid groups (broad SMARTS) is 2. The topological polar surface area (TPSA) is 104 Å². The van der Waals surface area contributed by atoms with Crippen molar-refractivity contribution in [1.82, 2.24) is 4.90 Å². The van der Waals surface area contributed by atoms with Crippen LogP contribution in [-0.4, -0.2) is 45.7 Å². The highest BCUT2D eigenvalue weighted by Gasteiger charge is 2.50. The maximum Gasteiger partial charge on any atom is 0.410 e. The molecule has 2 aromatic rings. The molecule has 0 saturated carbocycles. The summed E-state index contributed by atoms with van der Waals surface area (Å²) in [6.45, 7) is 9.92. The molecule has 7 heteroatoms. The molecule has 2 aromatic carbocycles. The summed E-state index contributed by atoms with van der Waals surface area (Å²) in [6.07, 6.45) is -1.21. The molecule has 1 aliphatic heterocycles. The lowest BCUT2D eigenvalue weighted by Gasteiger charge is -2.24. The fraction of sp³-hybridized carbons (Fsp3) is 0.269. The van der Waals surface area contributed by atoms with Gasteiger partial charge in [-0.3, -0.25) is 9.69 Å². The van der Waals surface area contributed by atoms with Gasteiger partial charge in [-0.2, -0.15) is 0 Å². The lowest BCUT2D eigenvalue weighted by atomic mass is 9.80. The molecule has 1 aliphatic rings. The third-order valence-electron chi connectivity index (χ3n) is 5.95. The lowest BCUT2D eigenvalue weighted by molar-refractivity contribution is -0.144. The van der Waals surface area contributed by atoms with Gasteiger partial charge in [0, 0.05) is 18.4 Å². The number of hydrogen-bond acceptors (Lipinski definition) is 4. The van der Waals surface area contributed by atoms with Gasteiger partial charge in [0.1, 0.15) is 12.6 Å². The average Bonchev–Trinajstić information content (AvgIpc) is 3.16. The number of likely N-dealkylation sites (tertiary alicyclic amines) is 1. The van der Waals surface area contributed by atoms with Crippen LogP contribution >= 0.6 is 0 Å². The maximum atomic E-state index is 12.8. The first-order valence-corrected chi connectivity index (χ1v) is 10.6. The van der Waals surface area contributed by atoms with Gasteiger partial charge in [-0.25, -0.2) is 9.59 Å². The molecule has 7 nitrogen and oxygen atoms in total. The molecule has 1 saturated heterocycles. The smallest absolute Gasteiger partial charge is 0.410 e. The van der Waals surface area contributed by atoms with E-state index in [1.165, 1.54) is 0 Å². The second-order valence-corrected chi connectivity index (χ2v) is 8.23. The molecule has 1 fully saturated rings. The van der Waals surface area contributed by atoms with E-state index in [1.54, 1.807) is 24.3 Å². The Hall–Kier alpha value is -3.87. The first kappa shape index (κ1) is 23.8. The number of carboxylic acids is 2. The van der Waals surface area contributed by atoms with E-state index >= 15 is 0 Å².